The normalized spacial score (nSPS) is 12.9. The van der Waals surface area contributed by atoms with Crippen molar-refractivity contribution in [2.45, 2.75) is 5.41 Å². The van der Waals surface area contributed by atoms with E-state index in [2.05, 4.69) is 289 Å². The first-order chi connectivity index (χ1) is 35.2. The molecule has 2 aliphatic rings. The molecule has 0 N–H and O–H groups in total. The maximum atomic E-state index is 2.44. The standard InChI is InChI=1S/C69H46N2/c1-4-18-47(19-5-1)48-34-38-55(39-35-48)70(66-29-15-11-24-59(66)49-20-6-2-7-21-49)56-40-42-58-53(45-56)33-32-52-44-50(36-41-57(52)58)51-37-43-63-61(46-51)60-25-10-12-26-62(60)69(63)64-27-13-16-30-67(64)71(54-22-8-3-9-23-54)68-31-17-14-28-65(68)69/h1-46H. The third kappa shape index (κ3) is 6.42. The van der Waals surface area contributed by atoms with Crippen LogP contribution in [0.15, 0.2) is 279 Å². The van der Waals surface area contributed by atoms with Crippen LogP contribution in [-0.4, -0.2) is 0 Å². The van der Waals surface area contributed by atoms with Gasteiger partial charge in [-0.2, -0.15) is 0 Å². The Kier molecular flexibility index (Phi) is 9.47. The molecular weight excluding hydrogens is 857 g/mol. The van der Waals surface area contributed by atoms with Crippen LogP contribution in [0, 0.1) is 0 Å². The molecule has 71 heavy (non-hydrogen) atoms. The van der Waals surface area contributed by atoms with Crippen LogP contribution in [0.5, 0.6) is 0 Å². The molecule has 1 heterocycles. The fourth-order valence-electron chi connectivity index (χ4n) is 11.9. The molecule has 0 saturated heterocycles. The Bertz CT molecular complexity index is 3940. The molecule has 0 aromatic heterocycles. The number of rotatable bonds is 7. The number of anilines is 6. The van der Waals surface area contributed by atoms with Crippen molar-refractivity contribution in [3.63, 3.8) is 0 Å². The van der Waals surface area contributed by atoms with E-state index in [1.54, 1.807) is 0 Å². The van der Waals surface area contributed by atoms with Gasteiger partial charge in [0.15, 0.2) is 0 Å². The van der Waals surface area contributed by atoms with Gasteiger partial charge in [-0.25, -0.2) is 0 Å². The Morgan fingerprint density at radius 2 is 0.761 bits per heavy atom. The maximum absolute atomic E-state index is 2.44. The molecule has 0 radical (unpaired) electrons. The van der Waals surface area contributed by atoms with Crippen LogP contribution in [0.1, 0.15) is 22.3 Å². The molecule has 1 spiro atoms. The summed E-state index contributed by atoms with van der Waals surface area (Å²) in [5.41, 5.74) is 21.4. The van der Waals surface area contributed by atoms with Gasteiger partial charge < -0.3 is 9.80 Å². The van der Waals surface area contributed by atoms with Gasteiger partial charge in [0.05, 0.1) is 22.5 Å². The van der Waals surface area contributed by atoms with Crippen molar-refractivity contribution >= 4 is 55.7 Å². The number of fused-ring (bicyclic) bond motifs is 12. The van der Waals surface area contributed by atoms with Crippen LogP contribution < -0.4 is 9.80 Å². The largest absolute Gasteiger partial charge is 0.310 e. The van der Waals surface area contributed by atoms with E-state index in [1.165, 1.54) is 99.7 Å². The van der Waals surface area contributed by atoms with Gasteiger partial charge in [0, 0.05) is 22.6 Å². The van der Waals surface area contributed by atoms with E-state index in [0.717, 1.165) is 22.7 Å². The van der Waals surface area contributed by atoms with E-state index < -0.39 is 5.41 Å². The first kappa shape index (κ1) is 40.8. The molecule has 0 amide bonds. The maximum Gasteiger partial charge on any atom is 0.0754 e. The van der Waals surface area contributed by atoms with Crippen molar-refractivity contribution in [1.29, 1.82) is 0 Å². The van der Waals surface area contributed by atoms with Crippen molar-refractivity contribution in [2.24, 2.45) is 0 Å². The molecule has 0 saturated carbocycles. The summed E-state index contributed by atoms with van der Waals surface area (Å²) < 4.78 is 0. The second kappa shape index (κ2) is 16.5. The molecular formula is C69H46N2. The van der Waals surface area contributed by atoms with Gasteiger partial charge in [0.2, 0.25) is 0 Å². The molecule has 12 aromatic rings. The Hall–Kier alpha value is -9.24. The van der Waals surface area contributed by atoms with Gasteiger partial charge in [-0.15, -0.1) is 0 Å². The number of benzene rings is 12. The molecule has 332 valence electrons. The molecule has 1 aliphatic heterocycles. The summed E-state index contributed by atoms with van der Waals surface area (Å²) in [5.74, 6) is 0. The highest BCUT2D eigenvalue weighted by atomic mass is 15.2. The molecule has 2 heteroatoms. The zero-order valence-corrected chi connectivity index (χ0v) is 39.0. The highest BCUT2D eigenvalue weighted by Crippen LogP contribution is 2.63. The molecule has 0 unspecified atom stereocenters. The van der Waals surface area contributed by atoms with Crippen molar-refractivity contribution < 1.29 is 0 Å². The molecule has 0 atom stereocenters. The first-order valence-electron chi connectivity index (χ1n) is 24.6. The SMILES string of the molecule is c1ccc(-c2ccc(N(c3ccc4c(ccc5cc(-c6ccc7c(c6)-c6ccccc6C76c7ccccc7N(c7ccccc7)c7ccccc76)ccc54)c3)c3ccccc3-c3ccccc3)cc2)cc1. The van der Waals surface area contributed by atoms with Crippen molar-refractivity contribution in [1.82, 2.24) is 0 Å². The Morgan fingerprint density at radius 3 is 1.46 bits per heavy atom. The lowest BCUT2D eigenvalue weighted by molar-refractivity contribution is 0.753. The number of hydrogen-bond donors (Lipinski definition) is 0. The highest BCUT2D eigenvalue weighted by Gasteiger charge is 2.51. The average Bonchev–Trinajstić information content (AvgIpc) is 3.74. The summed E-state index contributed by atoms with van der Waals surface area (Å²) in [6.45, 7) is 0. The monoisotopic (exact) mass is 902 g/mol. The van der Waals surface area contributed by atoms with Crippen molar-refractivity contribution in [2.75, 3.05) is 9.80 Å². The van der Waals surface area contributed by atoms with E-state index in [0.29, 0.717) is 0 Å². The number of nitrogens with zero attached hydrogens (tertiary/aromatic N) is 2. The lowest BCUT2D eigenvalue weighted by Crippen LogP contribution is -2.36. The Morgan fingerprint density at radius 1 is 0.282 bits per heavy atom. The summed E-state index contributed by atoms with van der Waals surface area (Å²) in [6.07, 6.45) is 0. The second-order valence-corrected chi connectivity index (χ2v) is 18.8. The van der Waals surface area contributed by atoms with Crippen molar-refractivity contribution in [3.05, 3.63) is 301 Å². The summed E-state index contributed by atoms with van der Waals surface area (Å²) in [7, 11) is 0. The smallest absolute Gasteiger partial charge is 0.0754 e. The Labute approximate surface area is 414 Å². The minimum atomic E-state index is -0.477. The summed E-state index contributed by atoms with van der Waals surface area (Å²) >= 11 is 0. The third-order valence-corrected chi connectivity index (χ3v) is 15.0. The summed E-state index contributed by atoms with van der Waals surface area (Å²) in [5, 5.41) is 4.89. The number of hydrogen-bond acceptors (Lipinski definition) is 2. The highest BCUT2D eigenvalue weighted by molar-refractivity contribution is 6.10. The van der Waals surface area contributed by atoms with Crippen LogP contribution in [0.4, 0.5) is 34.1 Å². The minimum Gasteiger partial charge on any atom is -0.310 e. The fraction of sp³-hybridized carbons (Fsp3) is 0.0145. The third-order valence-electron chi connectivity index (χ3n) is 15.0. The average molecular weight is 903 g/mol. The molecule has 0 fully saturated rings. The second-order valence-electron chi connectivity index (χ2n) is 18.8. The van der Waals surface area contributed by atoms with E-state index in [-0.39, 0.29) is 0 Å². The molecule has 14 rings (SSSR count). The zero-order chi connectivity index (χ0) is 46.9. The number of para-hydroxylation sites is 4. The van der Waals surface area contributed by atoms with Crippen LogP contribution in [-0.2, 0) is 5.41 Å². The molecule has 12 aromatic carbocycles. The predicted octanol–water partition coefficient (Wildman–Crippen LogP) is 18.6. The van der Waals surface area contributed by atoms with Gasteiger partial charge in [-0.3, -0.25) is 0 Å². The van der Waals surface area contributed by atoms with E-state index in [9.17, 15) is 0 Å². The lowest BCUT2D eigenvalue weighted by Gasteiger charge is -2.45. The fourth-order valence-corrected chi connectivity index (χ4v) is 11.9. The topological polar surface area (TPSA) is 6.48 Å². The Balaban J connectivity index is 0.868. The molecule has 2 nitrogen and oxygen atoms in total. The van der Waals surface area contributed by atoms with Gasteiger partial charge in [0.25, 0.3) is 0 Å². The molecule has 0 bridgehead atoms. The van der Waals surface area contributed by atoms with E-state index in [1.807, 2.05) is 0 Å². The van der Waals surface area contributed by atoms with Gasteiger partial charge in [0.1, 0.15) is 0 Å². The minimum absolute atomic E-state index is 0.477. The van der Waals surface area contributed by atoms with Crippen LogP contribution in [0.2, 0.25) is 0 Å². The van der Waals surface area contributed by atoms with Gasteiger partial charge >= 0.3 is 0 Å². The van der Waals surface area contributed by atoms with Gasteiger partial charge in [-0.1, -0.05) is 212 Å². The van der Waals surface area contributed by atoms with Crippen LogP contribution >= 0.6 is 0 Å². The van der Waals surface area contributed by atoms with Crippen molar-refractivity contribution in [3.8, 4) is 44.5 Å². The zero-order valence-electron chi connectivity index (χ0n) is 39.0. The summed E-state index contributed by atoms with van der Waals surface area (Å²) in [6, 6.07) is 103. The van der Waals surface area contributed by atoms with E-state index in [4.69, 9.17) is 0 Å². The van der Waals surface area contributed by atoms with E-state index >= 15 is 0 Å². The first-order valence-corrected chi connectivity index (χ1v) is 24.6. The van der Waals surface area contributed by atoms with Crippen LogP contribution in [0.3, 0.4) is 0 Å². The van der Waals surface area contributed by atoms with Crippen LogP contribution in [0.25, 0.3) is 66.1 Å². The molecule has 1 aliphatic carbocycles. The summed E-state index contributed by atoms with van der Waals surface area (Å²) in [4.78, 5) is 4.85. The lowest BCUT2D eigenvalue weighted by atomic mass is 9.64. The van der Waals surface area contributed by atoms with Gasteiger partial charge in [-0.05, 0) is 149 Å². The quantitative estimate of drug-likeness (QED) is 0.147. The predicted molar refractivity (Wildman–Crippen MR) is 298 cm³/mol.